The van der Waals surface area contributed by atoms with Gasteiger partial charge in [0.2, 0.25) is 5.91 Å². The predicted octanol–water partition coefficient (Wildman–Crippen LogP) is 2.99. The molecule has 1 saturated heterocycles. The molecule has 0 saturated carbocycles. The van der Waals surface area contributed by atoms with Crippen LogP contribution in [0.15, 0.2) is 23.6 Å². The van der Waals surface area contributed by atoms with E-state index in [0.717, 1.165) is 42.2 Å². The molecule has 0 atom stereocenters. The number of amides is 1. The number of hydrogen-bond donors (Lipinski definition) is 0. The Morgan fingerprint density at radius 2 is 2.09 bits per heavy atom. The smallest absolute Gasteiger partial charge is 0.222 e. The molecule has 6 heteroatoms. The number of carbonyl (C=O) groups excluding carboxylic acids is 1. The number of thiazole rings is 1. The molecule has 0 aliphatic carbocycles. The molecule has 1 aromatic heterocycles. The van der Waals surface area contributed by atoms with E-state index in [4.69, 9.17) is 9.47 Å². The van der Waals surface area contributed by atoms with Gasteiger partial charge in [-0.05, 0) is 24.6 Å². The Kier molecular flexibility index (Phi) is 4.81. The van der Waals surface area contributed by atoms with E-state index in [1.54, 1.807) is 25.6 Å². The Morgan fingerprint density at radius 1 is 1.26 bits per heavy atom. The summed E-state index contributed by atoms with van der Waals surface area (Å²) in [6.07, 6.45) is 2.48. The minimum atomic E-state index is 0.265. The van der Waals surface area contributed by atoms with Crippen LogP contribution in [-0.2, 0) is 11.2 Å². The maximum atomic E-state index is 11.6. The fourth-order valence-electron chi connectivity index (χ4n) is 2.72. The largest absolute Gasteiger partial charge is 0.493 e. The van der Waals surface area contributed by atoms with Gasteiger partial charge in [0.1, 0.15) is 0 Å². The zero-order chi connectivity index (χ0) is 16.2. The lowest BCUT2D eigenvalue weighted by atomic mass is 10.1. The second-order valence-electron chi connectivity index (χ2n) is 5.43. The van der Waals surface area contributed by atoms with Crippen LogP contribution in [0.1, 0.15) is 17.8 Å². The second-order valence-corrected chi connectivity index (χ2v) is 6.37. The van der Waals surface area contributed by atoms with Gasteiger partial charge in [-0.25, -0.2) is 4.98 Å². The zero-order valence-electron chi connectivity index (χ0n) is 13.4. The first kappa shape index (κ1) is 15.8. The minimum Gasteiger partial charge on any atom is -0.493 e. The van der Waals surface area contributed by atoms with E-state index in [1.165, 1.54) is 0 Å². The highest BCUT2D eigenvalue weighted by atomic mass is 32.1. The fraction of sp³-hybridized carbons (Fsp3) is 0.412. The lowest BCUT2D eigenvalue weighted by molar-refractivity contribution is -0.127. The molecule has 3 rings (SSSR count). The van der Waals surface area contributed by atoms with E-state index >= 15 is 0 Å². The van der Waals surface area contributed by atoms with E-state index in [9.17, 15) is 4.79 Å². The second kappa shape index (κ2) is 7.00. The summed E-state index contributed by atoms with van der Waals surface area (Å²) in [6, 6.07) is 5.79. The third-order valence-electron chi connectivity index (χ3n) is 4.00. The molecule has 1 fully saturated rings. The summed E-state index contributed by atoms with van der Waals surface area (Å²) in [6.45, 7) is 1.64. The van der Waals surface area contributed by atoms with Gasteiger partial charge in [0.15, 0.2) is 11.5 Å². The van der Waals surface area contributed by atoms with Crippen molar-refractivity contribution in [2.24, 2.45) is 0 Å². The van der Waals surface area contributed by atoms with Crippen molar-refractivity contribution in [3.8, 4) is 22.8 Å². The number of hydrogen-bond acceptors (Lipinski definition) is 5. The maximum absolute atomic E-state index is 11.6. The molecule has 0 spiro atoms. The van der Waals surface area contributed by atoms with Crippen molar-refractivity contribution in [1.29, 1.82) is 0 Å². The molecule has 23 heavy (non-hydrogen) atoms. The lowest BCUT2D eigenvalue weighted by Gasteiger charge is -2.13. The first-order valence-electron chi connectivity index (χ1n) is 7.66. The summed E-state index contributed by atoms with van der Waals surface area (Å²) in [7, 11) is 3.25. The molecule has 2 heterocycles. The summed E-state index contributed by atoms with van der Waals surface area (Å²) < 4.78 is 10.6. The number of likely N-dealkylation sites (tertiary alicyclic amines) is 1. The maximum Gasteiger partial charge on any atom is 0.222 e. The molecule has 1 aliphatic rings. The topological polar surface area (TPSA) is 51.7 Å². The van der Waals surface area contributed by atoms with Crippen LogP contribution in [0.3, 0.4) is 0 Å². The molecule has 0 unspecified atom stereocenters. The first-order valence-corrected chi connectivity index (χ1v) is 8.54. The van der Waals surface area contributed by atoms with Crippen LogP contribution in [0.2, 0.25) is 0 Å². The summed E-state index contributed by atoms with van der Waals surface area (Å²) in [5.74, 6) is 1.67. The molecule has 1 aliphatic heterocycles. The average Bonchev–Trinajstić information content (AvgIpc) is 3.21. The molecule has 0 N–H and O–H groups in total. The van der Waals surface area contributed by atoms with E-state index < -0.39 is 0 Å². The van der Waals surface area contributed by atoms with Crippen molar-refractivity contribution in [3.05, 3.63) is 28.6 Å². The van der Waals surface area contributed by atoms with Gasteiger partial charge in [-0.3, -0.25) is 4.79 Å². The fourth-order valence-corrected chi connectivity index (χ4v) is 3.52. The van der Waals surface area contributed by atoms with Crippen molar-refractivity contribution < 1.29 is 14.3 Å². The average molecular weight is 332 g/mol. The summed E-state index contributed by atoms with van der Waals surface area (Å²) in [5.41, 5.74) is 1.93. The van der Waals surface area contributed by atoms with Gasteiger partial charge >= 0.3 is 0 Å². The Labute approximate surface area is 139 Å². The standard InChI is InChI=1S/C17H20N2O3S/c1-21-14-6-5-12(10-15(14)22-2)13-11-23-16(18-13)7-9-19-8-3-4-17(19)20/h5-6,10-11H,3-4,7-9H2,1-2H3. The van der Waals surface area contributed by atoms with Crippen molar-refractivity contribution in [2.75, 3.05) is 27.3 Å². The quantitative estimate of drug-likeness (QED) is 0.816. The summed E-state index contributed by atoms with van der Waals surface area (Å²) >= 11 is 1.63. The van der Waals surface area contributed by atoms with Crippen LogP contribution in [0.4, 0.5) is 0 Å². The van der Waals surface area contributed by atoms with E-state index in [-0.39, 0.29) is 5.91 Å². The van der Waals surface area contributed by atoms with Crippen LogP contribution in [0.5, 0.6) is 11.5 Å². The van der Waals surface area contributed by atoms with E-state index in [2.05, 4.69) is 4.98 Å². The van der Waals surface area contributed by atoms with Gasteiger partial charge in [0.05, 0.1) is 24.9 Å². The van der Waals surface area contributed by atoms with Gasteiger partial charge in [0.25, 0.3) is 0 Å². The number of aromatic nitrogens is 1. The number of rotatable bonds is 6. The highest BCUT2D eigenvalue weighted by molar-refractivity contribution is 7.09. The number of ether oxygens (including phenoxy) is 2. The van der Waals surface area contributed by atoms with E-state index in [1.807, 2.05) is 28.5 Å². The normalized spacial score (nSPS) is 14.3. The number of methoxy groups -OCH3 is 2. The van der Waals surface area contributed by atoms with E-state index in [0.29, 0.717) is 17.9 Å². The number of nitrogens with zero attached hydrogens (tertiary/aromatic N) is 2. The minimum absolute atomic E-state index is 0.265. The Balaban J connectivity index is 1.70. The van der Waals surface area contributed by atoms with Crippen molar-refractivity contribution in [1.82, 2.24) is 9.88 Å². The number of carbonyl (C=O) groups is 1. The third kappa shape index (κ3) is 3.47. The molecule has 122 valence electrons. The van der Waals surface area contributed by atoms with Crippen LogP contribution < -0.4 is 9.47 Å². The molecule has 5 nitrogen and oxygen atoms in total. The van der Waals surface area contributed by atoms with Crippen molar-refractivity contribution in [3.63, 3.8) is 0 Å². The predicted molar refractivity (Wildman–Crippen MR) is 90.2 cm³/mol. The van der Waals surface area contributed by atoms with Gasteiger partial charge in [0, 0.05) is 36.9 Å². The molecular weight excluding hydrogens is 312 g/mol. The highest BCUT2D eigenvalue weighted by Gasteiger charge is 2.20. The van der Waals surface area contributed by atoms with Crippen LogP contribution in [-0.4, -0.2) is 43.1 Å². The highest BCUT2D eigenvalue weighted by Crippen LogP contribution is 2.32. The third-order valence-corrected chi connectivity index (χ3v) is 4.91. The summed E-state index contributed by atoms with van der Waals surface area (Å²) in [4.78, 5) is 18.2. The first-order chi connectivity index (χ1) is 11.2. The van der Waals surface area contributed by atoms with Gasteiger partial charge in [-0.15, -0.1) is 11.3 Å². The molecular formula is C17H20N2O3S. The zero-order valence-corrected chi connectivity index (χ0v) is 14.2. The van der Waals surface area contributed by atoms with Crippen LogP contribution in [0, 0.1) is 0 Å². The monoisotopic (exact) mass is 332 g/mol. The lowest BCUT2D eigenvalue weighted by Crippen LogP contribution is -2.26. The molecule has 1 amide bonds. The Hall–Kier alpha value is -2.08. The van der Waals surface area contributed by atoms with Crippen molar-refractivity contribution in [2.45, 2.75) is 19.3 Å². The van der Waals surface area contributed by atoms with Gasteiger partial charge in [-0.1, -0.05) is 0 Å². The SMILES string of the molecule is COc1ccc(-c2csc(CCN3CCCC3=O)n2)cc1OC. The number of benzene rings is 1. The molecule has 0 radical (unpaired) electrons. The van der Waals surface area contributed by atoms with Gasteiger partial charge in [-0.2, -0.15) is 0 Å². The Morgan fingerprint density at radius 3 is 2.78 bits per heavy atom. The van der Waals surface area contributed by atoms with Crippen LogP contribution >= 0.6 is 11.3 Å². The van der Waals surface area contributed by atoms with Crippen molar-refractivity contribution >= 4 is 17.2 Å². The summed E-state index contributed by atoms with van der Waals surface area (Å²) in [5, 5.41) is 3.09. The molecule has 0 bridgehead atoms. The molecule has 1 aromatic carbocycles. The molecule has 2 aromatic rings. The van der Waals surface area contributed by atoms with Crippen LogP contribution in [0.25, 0.3) is 11.3 Å². The Bertz CT molecular complexity index is 699. The van der Waals surface area contributed by atoms with Gasteiger partial charge < -0.3 is 14.4 Å².